The molecule has 4 heteroatoms. The van der Waals surface area contributed by atoms with E-state index in [2.05, 4.69) is 25.2 Å². The van der Waals surface area contributed by atoms with E-state index in [4.69, 9.17) is 9.47 Å². The third-order valence-electron chi connectivity index (χ3n) is 4.87. The molecule has 1 heterocycles. The molecule has 1 atom stereocenters. The van der Waals surface area contributed by atoms with E-state index in [0.717, 1.165) is 23.3 Å². The molecule has 0 saturated carbocycles. The third-order valence-corrected chi connectivity index (χ3v) is 4.87. The van der Waals surface area contributed by atoms with Crippen LogP contribution in [0.3, 0.4) is 0 Å². The first kappa shape index (κ1) is 19.3. The molecule has 144 valence electrons. The van der Waals surface area contributed by atoms with E-state index < -0.39 is 0 Å². The van der Waals surface area contributed by atoms with Gasteiger partial charge in [-0.3, -0.25) is 4.79 Å². The van der Waals surface area contributed by atoms with Crippen molar-refractivity contribution in [3.63, 3.8) is 0 Å². The zero-order valence-corrected chi connectivity index (χ0v) is 16.8. The predicted molar refractivity (Wildman–Crippen MR) is 107 cm³/mol. The Hall–Kier alpha value is -2.49. The molecule has 0 unspecified atom stereocenters. The lowest BCUT2D eigenvalue weighted by Gasteiger charge is -2.38. The van der Waals surface area contributed by atoms with Crippen LogP contribution in [-0.4, -0.2) is 18.1 Å². The maximum Gasteiger partial charge on any atom is 0.258 e. The Morgan fingerprint density at radius 3 is 2.59 bits per heavy atom. The predicted octanol–water partition coefficient (Wildman–Crippen LogP) is 4.92. The Morgan fingerprint density at radius 1 is 1.22 bits per heavy atom. The van der Waals surface area contributed by atoms with Crippen LogP contribution in [0.25, 0.3) is 0 Å². The van der Waals surface area contributed by atoms with Gasteiger partial charge in [-0.15, -0.1) is 0 Å². The summed E-state index contributed by atoms with van der Waals surface area (Å²) in [6.07, 6.45) is 0.721. The quantitative estimate of drug-likeness (QED) is 0.816. The maximum absolute atomic E-state index is 12.5. The van der Waals surface area contributed by atoms with Crippen molar-refractivity contribution < 1.29 is 14.3 Å². The number of ether oxygens (including phenoxy) is 2. The van der Waals surface area contributed by atoms with Crippen molar-refractivity contribution in [1.29, 1.82) is 0 Å². The van der Waals surface area contributed by atoms with E-state index in [1.807, 2.05) is 57.2 Å². The van der Waals surface area contributed by atoms with E-state index >= 15 is 0 Å². The molecule has 1 N–H and O–H groups in total. The minimum Gasteiger partial charge on any atom is -0.487 e. The number of rotatable bonds is 5. The van der Waals surface area contributed by atoms with Gasteiger partial charge >= 0.3 is 0 Å². The SMILES string of the molecule is Cc1ccc2c(c1)[C@@H](NC(=O)COc1ccc(C(C)C)cc1)CC(C)(C)O2. The van der Waals surface area contributed by atoms with Gasteiger partial charge in [0.1, 0.15) is 17.1 Å². The highest BCUT2D eigenvalue weighted by atomic mass is 16.5. The normalized spacial score (nSPS) is 17.8. The molecule has 27 heavy (non-hydrogen) atoms. The highest BCUT2D eigenvalue weighted by Gasteiger charge is 2.34. The number of hydrogen-bond acceptors (Lipinski definition) is 3. The molecule has 4 nitrogen and oxygen atoms in total. The van der Waals surface area contributed by atoms with Gasteiger partial charge in [0.05, 0.1) is 6.04 Å². The van der Waals surface area contributed by atoms with Crippen LogP contribution in [0.4, 0.5) is 0 Å². The highest BCUT2D eigenvalue weighted by Crippen LogP contribution is 2.39. The number of nitrogens with one attached hydrogen (secondary N) is 1. The topological polar surface area (TPSA) is 47.6 Å². The summed E-state index contributed by atoms with van der Waals surface area (Å²) in [6.45, 7) is 10.4. The molecule has 2 aromatic carbocycles. The molecule has 1 aliphatic rings. The molecule has 0 aliphatic carbocycles. The average Bonchev–Trinajstić information content (AvgIpc) is 2.60. The van der Waals surface area contributed by atoms with Crippen LogP contribution in [0.15, 0.2) is 42.5 Å². The lowest BCUT2D eigenvalue weighted by molar-refractivity contribution is -0.124. The van der Waals surface area contributed by atoms with Gasteiger partial charge < -0.3 is 14.8 Å². The van der Waals surface area contributed by atoms with Gasteiger partial charge in [0.15, 0.2) is 6.61 Å². The van der Waals surface area contributed by atoms with Crippen LogP contribution in [-0.2, 0) is 4.79 Å². The van der Waals surface area contributed by atoms with Crippen LogP contribution in [0.5, 0.6) is 11.5 Å². The second-order valence-electron chi connectivity index (χ2n) is 8.24. The average molecular weight is 367 g/mol. The number of hydrogen-bond donors (Lipinski definition) is 1. The number of aryl methyl sites for hydroxylation is 1. The fraction of sp³-hybridized carbons (Fsp3) is 0.435. The number of carbonyl (C=O) groups excluding carboxylic acids is 1. The fourth-order valence-corrected chi connectivity index (χ4v) is 3.44. The fourth-order valence-electron chi connectivity index (χ4n) is 3.44. The monoisotopic (exact) mass is 367 g/mol. The van der Waals surface area contributed by atoms with Crippen molar-refractivity contribution in [2.75, 3.05) is 6.61 Å². The van der Waals surface area contributed by atoms with E-state index in [-0.39, 0.29) is 24.2 Å². The van der Waals surface area contributed by atoms with Crippen molar-refractivity contribution in [3.05, 3.63) is 59.2 Å². The van der Waals surface area contributed by atoms with Crippen LogP contribution in [0.2, 0.25) is 0 Å². The van der Waals surface area contributed by atoms with Crippen LogP contribution in [0, 0.1) is 6.92 Å². The van der Waals surface area contributed by atoms with Crippen molar-refractivity contribution in [3.8, 4) is 11.5 Å². The summed E-state index contributed by atoms with van der Waals surface area (Å²) in [5.41, 5.74) is 3.11. The first-order valence-electron chi connectivity index (χ1n) is 9.55. The zero-order valence-electron chi connectivity index (χ0n) is 16.8. The molecule has 0 bridgehead atoms. The summed E-state index contributed by atoms with van der Waals surface area (Å²) in [6, 6.07) is 13.9. The zero-order chi connectivity index (χ0) is 19.6. The number of benzene rings is 2. The Bertz CT molecular complexity index is 809. The van der Waals surface area contributed by atoms with Crippen LogP contribution < -0.4 is 14.8 Å². The van der Waals surface area contributed by atoms with Gasteiger partial charge in [-0.25, -0.2) is 0 Å². The van der Waals surface area contributed by atoms with Crippen LogP contribution >= 0.6 is 0 Å². The lowest BCUT2D eigenvalue weighted by atomic mass is 9.89. The van der Waals surface area contributed by atoms with Gasteiger partial charge in [-0.1, -0.05) is 43.7 Å². The van der Waals surface area contributed by atoms with Crippen molar-refractivity contribution in [2.45, 2.75) is 58.6 Å². The van der Waals surface area contributed by atoms with Crippen LogP contribution in [0.1, 0.15) is 62.8 Å². The second kappa shape index (κ2) is 7.63. The third kappa shape index (κ3) is 4.82. The first-order valence-corrected chi connectivity index (χ1v) is 9.55. The molecule has 0 saturated heterocycles. The summed E-state index contributed by atoms with van der Waals surface area (Å²) in [5, 5.41) is 3.11. The summed E-state index contributed by atoms with van der Waals surface area (Å²) < 4.78 is 11.7. The van der Waals surface area contributed by atoms with Crippen molar-refractivity contribution >= 4 is 5.91 Å². The minimum absolute atomic E-state index is 0.0000397. The Labute approximate surface area is 161 Å². The molecule has 1 aliphatic heterocycles. The molecule has 3 rings (SSSR count). The van der Waals surface area contributed by atoms with E-state index in [0.29, 0.717) is 11.7 Å². The smallest absolute Gasteiger partial charge is 0.258 e. The first-order chi connectivity index (χ1) is 12.7. The molecular weight excluding hydrogens is 338 g/mol. The molecule has 1 amide bonds. The summed E-state index contributed by atoms with van der Waals surface area (Å²) >= 11 is 0. The molecule has 0 spiro atoms. The standard InChI is InChI=1S/C23H29NO3/c1-15(2)17-7-9-18(10-8-17)26-14-22(25)24-20-13-23(4,5)27-21-11-6-16(3)12-19(20)21/h6-12,15,20H,13-14H2,1-5H3,(H,24,25)/t20-/m0/s1. The molecule has 2 aromatic rings. The van der Waals surface area contributed by atoms with E-state index in [1.165, 1.54) is 5.56 Å². The molecule has 0 fully saturated rings. The summed E-state index contributed by atoms with van der Waals surface area (Å²) in [5.74, 6) is 1.89. The summed E-state index contributed by atoms with van der Waals surface area (Å²) in [4.78, 5) is 12.5. The van der Waals surface area contributed by atoms with Crippen molar-refractivity contribution in [1.82, 2.24) is 5.32 Å². The van der Waals surface area contributed by atoms with Gasteiger partial charge in [-0.05, 0) is 50.5 Å². The molecule has 0 aromatic heterocycles. The lowest BCUT2D eigenvalue weighted by Crippen LogP contribution is -2.42. The largest absolute Gasteiger partial charge is 0.487 e. The van der Waals surface area contributed by atoms with Gasteiger partial charge in [-0.2, -0.15) is 0 Å². The number of carbonyl (C=O) groups is 1. The Balaban J connectivity index is 1.64. The Morgan fingerprint density at radius 2 is 1.93 bits per heavy atom. The highest BCUT2D eigenvalue weighted by molar-refractivity contribution is 5.78. The second-order valence-corrected chi connectivity index (χ2v) is 8.24. The summed E-state index contributed by atoms with van der Waals surface area (Å²) in [7, 11) is 0. The molecule has 0 radical (unpaired) electrons. The van der Waals surface area contributed by atoms with Crippen molar-refractivity contribution in [2.24, 2.45) is 0 Å². The minimum atomic E-state index is -0.326. The Kier molecular flexibility index (Phi) is 5.45. The van der Waals surface area contributed by atoms with Gasteiger partial charge in [0.2, 0.25) is 0 Å². The number of amides is 1. The van der Waals surface area contributed by atoms with Gasteiger partial charge in [0, 0.05) is 12.0 Å². The molecular formula is C23H29NO3. The van der Waals surface area contributed by atoms with E-state index in [1.54, 1.807) is 0 Å². The number of fused-ring (bicyclic) bond motifs is 1. The maximum atomic E-state index is 12.5. The van der Waals surface area contributed by atoms with Gasteiger partial charge in [0.25, 0.3) is 5.91 Å². The van der Waals surface area contributed by atoms with E-state index in [9.17, 15) is 4.79 Å².